The van der Waals surface area contributed by atoms with Crippen LogP contribution in [0.25, 0.3) is 16.2 Å². The molecule has 0 aliphatic heterocycles. The smallest absolute Gasteiger partial charge is 0.383 e. The van der Waals surface area contributed by atoms with E-state index in [4.69, 9.17) is 5.73 Å². The molecule has 3 aromatic heterocycles. The van der Waals surface area contributed by atoms with E-state index in [0.29, 0.717) is 35.4 Å². The van der Waals surface area contributed by atoms with Crippen LogP contribution in [-0.4, -0.2) is 45.2 Å². The number of rotatable bonds is 6. The highest BCUT2D eigenvalue weighted by molar-refractivity contribution is 7.20. The van der Waals surface area contributed by atoms with E-state index >= 15 is 0 Å². The first kappa shape index (κ1) is 19.7. The second-order valence-corrected chi connectivity index (χ2v) is 6.57. The number of nitrogens with two attached hydrogens (primary N) is 1. The number of halogens is 3. The Bertz CT molecular complexity index is 983. The second-order valence-electron chi connectivity index (χ2n) is 5.61. The molecule has 0 bridgehead atoms. The van der Waals surface area contributed by atoms with Crippen LogP contribution in [0, 0.1) is 0 Å². The van der Waals surface area contributed by atoms with Crippen LogP contribution in [0.3, 0.4) is 0 Å². The van der Waals surface area contributed by atoms with E-state index in [9.17, 15) is 18.0 Å². The molecule has 13 heteroatoms. The maximum absolute atomic E-state index is 13.1. The van der Waals surface area contributed by atoms with Crippen molar-refractivity contribution in [1.82, 2.24) is 30.2 Å². The molecule has 5 N–H and O–H groups in total. The van der Waals surface area contributed by atoms with Gasteiger partial charge >= 0.3 is 12.2 Å². The molecule has 0 aliphatic carbocycles. The summed E-state index contributed by atoms with van der Waals surface area (Å²) in [6.45, 7) is 3.14. The van der Waals surface area contributed by atoms with Crippen LogP contribution in [-0.2, 0) is 6.18 Å². The summed E-state index contributed by atoms with van der Waals surface area (Å²) >= 11 is 1.23. The van der Waals surface area contributed by atoms with Crippen molar-refractivity contribution >= 4 is 33.3 Å². The first-order valence-corrected chi connectivity index (χ1v) is 9.04. The number of nitrogen functional groups attached to an aromatic ring is 1. The number of hydrogen-bond acceptors (Lipinski definition) is 7. The van der Waals surface area contributed by atoms with Crippen LogP contribution in [0.15, 0.2) is 18.5 Å². The lowest BCUT2D eigenvalue weighted by Crippen LogP contribution is -2.37. The minimum Gasteiger partial charge on any atom is -0.383 e. The molecule has 0 atom stereocenters. The Labute approximate surface area is 161 Å². The quantitative estimate of drug-likeness (QED) is 0.459. The molecule has 0 aromatic carbocycles. The Balaban J connectivity index is 1.75. The number of carbonyl (C=O) groups is 1. The van der Waals surface area contributed by atoms with Gasteiger partial charge in [-0.15, -0.1) is 5.10 Å². The number of anilines is 2. The van der Waals surface area contributed by atoms with Crippen LogP contribution in [0.2, 0.25) is 0 Å². The van der Waals surface area contributed by atoms with E-state index in [-0.39, 0.29) is 11.6 Å². The number of imidazole rings is 1. The predicted octanol–water partition coefficient (Wildman–Crippen LogP) is 2.18. The minimum absolute atomic E-state index is 0.198. The predicted molar refractivity (Wildman–Crippen MR) is 99.1 cm³/mol. The highest BCUT2D eigenvalue weighted by Crippen LogP contribution is 2.35. The number of nitrogens with one attached hydrogen (secondary N) is 3. The molecule has 0 radical (unpaired) electrons. The summed E-state index contributed by atoms with van der Waals surface area (Å²) in [5, 5.41) is 13.1. The molecule has 9 nitrogen and oxygen atoms in total. The van der Waals surface area contributed by atoms with Crippen LogP contribution in [0.1, 0.15) is 12.5 Å². The van der Waals surface area contributed by atoms with Crippen molar-refractivity contribution < 1.29 is 18.0 Å². The fourth-order valence-corrected chi connectivity index (χ4v) is 3.17. The molecule has 0 spiro atoms. The third kappa shape index (κ3) is 4.24. The molecule has 150 valence electrons. The summed E-state index contributed by atoms with van der Waals surface area (Å²) < 4.78 is 40.6. The maximum Gasteiger partial charge on any atom is 0.419 e. The van der Waals surface area contributed by atoms with Crippen molar-refractivity contribution in [2.45, 2.75) is 13.1 Å². The molecule has 2 amide bonds. The standard InChI is InChI=1S/C15H17F3N8OS/c1-2-20-12(27)21-3-4-22-13-25-26-10(7-24-14(26)28-13)8-5-9(15(16,17)18)11(19)23-6-8/h5-7H,2-4H2,1H3,(H2,19,23)(H,22,25)(H2,20,21,27). The lowest BCUT2D eigenvalue weighted by Gasteiger charge is -2.10. The van der Waals surface area contributed by atoms with Crippen molar-refractivity contribution in [3.8, 4) is 11.3 Å². The summed E-state index contributed by atoms with van der Waals surface area (Å²) in [7, 11) is 0. The molecule has 0 saturated carbocycles. The Morgan fingerprint density at radius 3 is 2.75 bits per heavy atom. The third-order valence-electron chi connectivity index (χ3n) is 3.63. The maximum atomic E-state index is 13.1. The number of amides is 2. The van der Waals surface area contributed by atoms with Gasteiger partial charge in [-0.1, -0.05) is 11.3 Å². The van der Waals surface area contributed by atoms with Crippen molar-refractivity contribution in [3.05, 3.63) is 24.0 Å². The monoisotopic (exact) mass is 414 g/mol. The van der Waals surface area contributed by atoms with Crippen LogP contribution in [0.5, 0.6) is 0 Å². The van der Waals surface area contributed by atoms with Gasteiger partial charge in [0.25, 0.3) is 0 Å². The van der Waals surface area contributed by atoms with Gasteiger partial charge in [-0.25, -0.2) is 19.3 Å². The number of aromatic nitrogens is 4. The highest BCUT2D eigenvalue weighted by Gasteiger charge is 2.34. The van der Waals surface area contributed by atoms with E-state index in [2.05, 4.69) is 31.0 Å². The van der Waals surface area contributed by atoms with Crippen molar-refractivity contribution in [3.63, 3.8) is 0 Å². The zero-order valence-corrected chi connectivity index (χ0v) is 15.5. The molecule has 0 unspecified atom stereocenters. The largest absolute Gasteiger partial charge is 0.419 e. The number of pyridine rings is 1. The summed E-state index contributed by atoms with van der Waals surface area (Å²) in [4.78, 5) is 19.6. The molecular weight excluding hydrogens is 397 g/mol. The second kappa shape index (κ2) is 7.88. The van der Waals surface area contributed by atoms with Gasteiger partial charge < -0.3 is 21.7 Å². The average Bonchev–Trinajstić information content (AvgIpc) is 3.19. The zero-order valence-electron chi connectivity index (χ0n) is 14.7. The van der Waals surface area contributed by atoms with Crippen LogP contribution in [0.4, 0.5) is 28.9 Å². The van der Waals surface area contributed by atoms with Crippen LogP contribution < -0.4 is 21.7 Å². The van der Waals surface area contributed by atoms with E-state index in [1.54, 1.807) is 0 Å². The fourth-order valence-electron chi connectivity index (χ4n) is 2.37. The summed E-state index contributed by atoms with van der Waals surface area (Å²) in [6, 6.07) is 0.658. The topological polar surface area (TPSA) is 122 Å². The molecule has 0 aliphatic rings. The highest BCUT2D eigenvalue weighted by atomic mass is 32.1. The molecular formula is C15H17F3N8OS. The number of alkyl halides is 3. The van der Waals surface area contributed by atoms with Gasteiger partial charge in [-0.05, 0) is 13.0 Å². The van der Waals surface area contributed by atoms with Crippen molar-refractivity contribution in [1.29, 1.82) is 0 Å². The Morgan fingerprint density at radius 1 is 1.25 bits per heavy atom. The van der Waals surface area contributed by atoms with E-state index in [1.807, 2.05) is 6.92 Å². The Hall–Kier alpha value is -3.09. The minimum atomic E-state index is -4.61. The number of carbonyl (C=O) groups excluding carboxylic acids is 1. The normalized spacial score (nSPS) is 11.6. The van der Waals surface area contributed by atoms with Gasteiger partial charge in [0, 0.05) is 31.4 Å². The van der Waals surface area contributed by atoms with Crippen molar-refractivity contribution in [2.75, 3.05) is 30.7 Å². The number of hydrogen-bond donors (Lipinski definition) is 4. The molecule has 0 saturated heterocycles. The fraction of sp³-hybridized carbons (Fsp3) is 0.333. The van der Waals surface area contributed by atoms with Crippen molar-refractivity contribution in [2.24, 2.45) is 0 Å². The summed E-state index contributed by atoms with van der Waals surface area (Å²) in [6.07, 6.45) is -1.94. The van der Waals surface area contributed by atoms with Gasteiger partial charge in [0.1, 0.15) is 5.82 Å². The van der Waals surface area contributed by atoms with Gasteiger partial charge in [-0.2, -0.15) is 13.2 Å². The van der Waals surface area contributed by atoms with Gasteiger partial charge in [0.05, 0.1) is 17.5 Å². The zero-order chi connectivity index (χ0) is 20.3. The van der Waals surface area contributed by atoms with Gasteiger partial charge in [0.2, 0.25) is 10.1 Å². The van der Waals surface area contributed by atoms with E-state index in [0.717, 1.165) is 6.07 Å². The SMILES string of the molecule is CCNC(=O)NCCNc1nn2c(-c3cnc(N)c(C(F)(F)F)c3)cnc2s1. The number of fused-ring (bicyclic) bond motifs is 1. The van der Waals surface area contributed by atoms with E-state index < -0.39 is 17.6 Å². The first-order valence-electron chi connectivity index (χ1n) is 8.22. The lowest BCUT2D eigenvalue weighted by atomic mass is 10.1. The third-order valence-corrected chi connectivity index (χ3v) is 4.51. The van der Waals surface area contributed by atoms with Crippen LogP contribution >= 0.6 is 11.3 Å². The molecule has 3 aromatic rings. The Morgan fingerprint density at radius 2 is 2.04 bits per heavy atom. The summed E-state index contributed by atoms with van der Waals surface area (Å²) in [5.41, 5.74) is 4.89. The lowest BCUT2D eigenvalue weighted by molar-refractivity contribution is -0.137. The molecule has 0 fully saturated rings. The molecule has 3 heterocycles. The summed E-state index contributed by atoms with van der Waals surface area (Å²) in [5.74, 6) is -0.586. The van der Waals surface area contributed by atoms with Gasteiger partial charge in [0.15, 0.2) is 0 Å². The van der Waals surface area contributed by atoms with E-state index in [1.165, 1.54) is 28.2 Å². The molecule has 3 rings (SSSR count). The number of nitrogens with zero attached hydrogens (tertiary/aromatic N) is 4. The molecule has 28 heavy (non-hydrogen) atoms. The number of urea groups is 1. The Kier molecular flexibility index (Phi) is 5.53. The average molecular weight is 414 g/mol. The van der Waals surface area contributed by atoms with Gasteiger partial charge in [-0.3, -0.25) is 0 Å². The first-order chi connectivity index (χ1) is 13.3.